The predicted molar refractivity (Wildman–Crippen MR) is 130 cm³/mol. The highest BCUT2D eigenvalue weighted by atomic mass is 19.4. The van der Waals surface area contributed by atoms with E-state index in [4.69, 9.17) is 9.47 Å². The number of benzene rings is 2. The third kappa shape index (κ3) is 5.01. The Morgan fingerprint density at radius 1 is 1.08 bits per heavy atom. The SMILES string of the molecule is Cc1ccc(NC(=O)c2ccnc(C(F)(F)F)c2)cc1-c1ccc2c(c1)OC1(CCOCC1)C/C2=N/O. The zero-order chi connectivity index (χ0) is 26.2. The van der Waals surface area contributed by atoms with Gasteiger partial charge in [-0.2, -0.15) is 13.2 Å². The van der Waals surface area contributed by atoms with Crippen LogP contribution in [0.1, 0.15) is 46.4 Å². The van der Waals surface area contributed by atoms with Crippen LogP contribution in [0.5, 0.6) is 5.75 Å². The van der Waals surface area contributed by atoms with Crippen LogP contribution in [0.25, 0.3) is 11.1 Å². The second-order valence-electron chi connectivity index (χ2n) is 9.24. The van der Waals surface area contributed by atoms with E-state index >= 15 is 0 Å². The van der Waals surface area contributed by atoms with Crippen molar-refractivity contribution in [3.05, 3.63) is 77.1 Å². The average Bonchev–Trinajstić information content (AvgIpc) is 2.89. The summed E-state index contributed by atoms with van der Waals surface area (Å²) in [7, 11) is 0. The van der Waals surface area contributed by atoms with E-state index in [1.54, 1.807) is 12.1 Å². The molecular weight excluding hydrogens is 487 g/mol. The van der Waals surface area contributed by atoms with Crippen LogP contribution in [0.4, 0.5) is 18.9 Å². The molecule has 1 amide bonds. The van der Waals surface area contributed by atoms with Crippen molar-refractivity contribution in [3.63, 3.8) is 0 Å². The molecule has 1 aromatic heterocycles. The van der Waals surface area contributed by atoms with Crippen LogP contribution in [0, 0.1) is 6.92 Å². The van der Waals surface area contributed by atoms with Gasteiger partial charge in [0, 0.05) is 42.3 Å². The lowest BCUT2D eigenvalue weighted by molar-refractivity contribution is -0.141. The number of fused-ring (bicyclic) bond motifs is 1. The minimum absolute atomic E-state index is 0.149. The molecule has 10 heteroatoms. The molecule has 0 atom stereocenters. The van der Waals surface area contributed by atoms with Crippen LogP contribution in [0.15, 0.2) is 59.9 Å². The summed E-state index contributed by atoms with van der Waals surface area (Å²) in [6.45, 7) is 3.05. The summed E-state index contributed by atoms with van der Waals surface area (Å²) in [5.74, 6) is -0.0782. The van der Waals surface area contributed by atoms with Gasteiger partial charge in [-0.15, -0.1) is 0 Å². The number of halogens is 3. The number of nitrogens with zero attached hydrogens (tertiary/aromatic N) is 2. The molecule has 0 bridgehead atoms. The lowest BCUT2D eigenvalue weighted by Crippen LogP contribution is -2.46. The van der Waals surface area contributed by atoms with Gasteiger partial charge in [0.1, 0.15) is 17.0 Å². The second-order valence-corrected chi connectivity index (χ2v) is 9.24. The Balaban J connectivity index is 1.44. The van der Waals surface area contributed by atoms with Crippen molar-refractivity contribution in [2.45, 2.75) is 38.0 Å². The van der Waals surface area contributed by atoms with E-state index in [-0.39, 0.29) is 5.56 Å². The van der Waals surface area contributed by atoms with Gasteiger partial charge in [-0.3, -0.25) is 9.78 Å². The lowest BCUT2D eigenvalue weighted by atomic mass is 9.83. The number of rotatable bonds is 3. The third-order valence-electron chi connectivity index (χ3n) is 6.75. The molecule has 0 saturated carbocycles. The number of amides is 1. The molecule has 2 aliphatic rings. The Kier molecular flexibility index (Phi) is 6.36. The van der Waals surface area contributed by atoms with Crippen LogP contribution in [-0.4, -0.2) is 40.6 Å². The van der Waals surface area contributed by atoms with Crippen LogP contribution in [0.3, 0.4) is 0 Å². The number of alkyl halides is 3. The maximum atomic E-state index is 13.0. The first-order valence-corrected chi connectivity index (χ1v) is 11.8. The number of ether oxygens (including phenoxy) is 2. The predicted octanol–water partition coefficient (Wildman–Crippen LogP) is 5.84. The normalized spacial score (nSPS) is 17.8. The number of aryl methyl sites for hydroxylation is 1. The van der Waals surface area contributed by atoms with E-state index in [9.17, 15) is 23.2 Å². The summed E-state index contributed by atoms with van der Waals surface area (Å²) in [6, 6.07) is 12.8. The molecule has 7 nitrogen and oxygen atoms in total. The highest BCUT2D eigenvalue weighted by Crippen LogP contribution is 2.41. The minimum Gasteiger partial charge on any atom is -0.486 e. The zero-order valence-electron chi connectivity index (χ0n) is 19.9. The molecule has 2 aliphatic heterocycles. The van der Waals surface area contributed by atoms with Crippen molar-refractivity contribution in [1.82, 2.24) is 4.98 Å². The maximum Gasteiger partial charge on any atom is 0.433 e. The number of anilines is 1. The van der Waals surface area contributed by atoms with Crippen LogP contribution in [-0.2, 0) is 10.9 Å². The molecule has 1 saturated heterocycles. The largest absolute Gasteiger partial charge is 0.486 e. The topological polar surface area (TPSA) is 93.0 Å². The van der Waals surface area contributed by atoms with Gasteiger partial charge >= 0.3 is 6.18 Å². The van der Waals surface area contributed by atoms with Gasteiger partial charge in [0.15, 0.2) is 0 Å². The average molecular weight is 512 g/mol. The van der Waals surface area contributed by atoms with E-state index in [2.05, 4.69) is 15.5 Å². The first-order chi connectivity index (χ1) is 17.7. The molecule has 2 aromatic carbocycles. The molecule has 37 heavy (non-hydrogen) atoms. The van der Waals surface area contributed by atoms with Crippen molar-refractivity contribution in [1.29, 1.82) is 0 Å². The molecule has 1 fully saturated rings. The number of hydrogen-bond acceptors (Lipinski definition) is 6. The van der Waals surface area contributed by atoms with E-state index in [0.717, 1.165) is 29.0 Å². The fourth-order valence-corrected chi connectivity index (χ4v) is 4.73. The van der Waals surface area contributed by atoms with Gasteiger partial charge in [-0.25, -0.2) is 0 Å². The molecule has 3 heterocycles. The fraction of sp³-hybridized carbons (Fsp3) is 0.296. The number of aromatic nitrogens is 1. The third-order valence-corrected chi connectivity index (χ3v) is 6.75. The molecule has 0 aliphatic carbocycles. The summed E-state index contributed by atoms with van der Waals surface area (Å²) < 4.78 is 50.9. The van der Waals surface area contributed by atoms with E-state index < -0.39 is 23.4 Å². The Morgan fingerprint density at radius 3 is 2.59 bits per heavy atom. The molecule has 5 rings (SSSR count). The highest BCUT2D eigenvalue weighted by molar-refractivity contribution is 6.05. The quantitative estimate of drug-likeness (QED) is 0.341. The van der Waals surface area contributed by atoms with Crippen LogP contribution < -0.4 is 10.1 Å². The van der Waals surface area contributed by atoms with E-state index in [0.29, 0.717) is 55.2 Å². The van der Waals surface area contributed by atoms with Gasteiger partial charge in [0.25, 0.3) is 5.91 Å². The molecule has 1 spiro atoms. The van der Waals surface area contributed by atoms with Gasteiger partial charge in [-0.1, -0.05) is 17.3 Å². The first kappa shape index (κ1) is 24.8. The van der Waals surface area contributed by atoms with E-state index in [1.165, 1.54) is 6.07 Å². The number of nitrogens with one attached hydrogen (secondary N) is 1. The Morgan fingerprint density at radius 2 is 1.86 bits per heavy atom. The minimum atomic E-state index is -4.65. The fourth-order valence-electron chi connectivity index (χ4n) is 4.73. The Hall–Kier alpha value is -3.92. The second kappa shape index (κ2) is 9.51. The summed E-state index contributed by atoms with van der Waals surface area (Å²) >= 11 is 0. The Labute approximate surface area is 210 Å². The molecule has 192 valence electrons. The van der Waals surface area contributed by atoms with Gasteiger partial charge < -0.3 is 20.0 Å². The van der Waals surface area contributed by atoms with Crippen molar-refractivity contribution in [2.75, 3.05) is 18.5 Å². The van der Waals surface area contributed by atoms with Crippen molar-refractivity contribution in [3.8, 4) is 16.9 Å². The molecule has 0 radical (unpaired) electrons. The number of hydrogen-bond donors (Lipinski definition) is 2. The van der Waals surface area contributed by atoms with Gasteiger partial charge in [0.2, 0.25) is 0 Å². The van der Waals surface area contributed by atoms with Crippen molar-refractivity contribution in [2.24, 2.45) is 5.16 Å². The van der Waals surface area contributed by atoms with Crippen LogP contribution in [0.2, 0.25) is 0 Å². The standard InChI is InChI=1S/C27H24F3N3O4/c1-16-2-4-19(32-25(34)18-6-9-31-24(13-18)27(28,29)30)14-21(16)17-3-5-20-22(33-35)15-26(37-23(20)12-17)7-10-36-11-8-26/h2-6,9,12-14,35H,7-8,10-11,15H2,1H3,(H,32,34)/b33-22-. The van der Waals surface area contributed by atoms with Gasteiger partial charge in [0.05, 0.1) is 18.9 Å². The first-order valence-electron chi connectivity index (χ1n) is 11.8. The molecule has 0 unspecified atom stereocenters. The molecule has 3 aromatic rings. The number of carbonyl (C=O) groups is 1. The smallest absolute Gasteiger partial charge is 0.433 e. The molecular formula is C27H24F3N3O4. The maximum absolute atomic E-state index is 13.0. The van der Waals surface area contributed by atoms with E-state index in [1.807, 2.05) is 31.2 Å². The monoisotopic (exact) mass is 511 g/mol. The van der Waals surface area contributed by atoms with Gasteiger partial charge in [-0.05, 0) is 60.0 Å². The number of carbonyl (C=O) groups excluding carboxylic acids is 1. The zero-order valence-corrected chi connectivity index (χ0v) is 19.9. The molecule has 2 N–H and O–H groups in total. The van der Waals surface area contributed by atoms with Crippen molar-refractivity contribution < 1.29 is 32.6 Å². The van der Waals surface area contributed by atoms with Crippen LogP contribution >= 0.6 is 0 Å². The summed E-state index contributed by atoms with van der Waals surface area (Å²) in [5, 5.41) is 15.8. The summed E-state index contributed by atoms with van der Waals surface area (Å²) in [6.07, 6.45) is -1.83. The summed E-state index contributed by atoms with van der Waals surface area (Å²) in [4.78, 5) is 16.0. The highest BCUT2D eigenvalue weighted by Gasteiger charge is 2.41. The lowest BCUT2D eigenvalue weighted by Gasteiger charge is -2.41. The number of pyridine rings is 1. The summed E-state index contributed by atoms with van der Waals surface area (Å²) in [5.41, 5.74) is 2.47. The Bertz CT molecular complexity index is 1380. The number of oxime groups is 1. The van der Waals surface area contributed by atoms with Crippen molar-refractivity contribution >= 4 is 17.3 Å².